The summed E-state index contributed by atoms with van der Waals surface area (Å²) < 4.78 is 5.79. The average molecular weight is 289 g/mol. The second kappa shape index (κ2) is 5.58. The molecule has 0 saturated carbocycles. The summed E-state index contributed by atoms with van der Waals surface area (Å²) in [5.74, 6) is 0.665. The number of pyridine rings is 1. The topological polar surface area (TPSA) is 55.3 Å². The van der Waals surface area contributed by atoms with Gasteiger partial charge in [-0.3, -0.25) is 4.79 Å². The highest BCUT2D eigenvalue weighted by molar-refractivity contribution is 7.11. The van der Waals surface area contributed by atoms with Gasteiger partial charge in [-0.05, 0) is 13.0 Å². The predicted molar refractivity (Wildman–Crippen MR) is 76.0 cm³/mol. The smallest absolute Gasteiger partial charge is 0.265 e. The number of nitrogens with zero attached hydrogens (tertiary/aromatic N) is 3. The maximum atomic E-state index is 12.4. The zero-order chi connectivity index (χ0) is 13.9. The van der Waals surface area contributed by atoms with Crippen LogP contribution in [0.15, 0.2) is 29.9 Å². The standard InChI is InChI=1S/C14H15N3O2S/c1-10-13(20-9-16-10)14(18)17-7-5-11(8-17)19-12-4-2-3-6-15-12/h2-4,6,9,11H,5,7-8H2,1H3/t11-/m1/s1. The van der Waals surface area contributed by atoms with E-state index < -0.39 is 0 Å². The first-order valence-electron chi connectivity index (χ1n) is 6.51. The molecule has 0 bridgehead atoms. The van der Waals surface area contributed by atoms with Crippen molar-refractivity contribution in [3.8, 4) is 5.88 Å². The van der Waals surface area contributed by atoms with Crippen LogP contribution in [-0.4, -0.2) is 40.0 Å². The van der Waals surface area contributed by atoms with Gasteiger partial charge in [-0.2, -0.15) is 0 Å². The average Bonchev–Trinajstić information content (AvgIpc) is 3.08. The maximum absolute atomic E-state index is 12.4. The molecule has 2 aromatic rings. The molecular formula is C14H15N3O2S. The van der Waals surface area contributed by atoms with E-state index in [9.17, 15) is 4.79 Å². The molecule has 0 unspecified atom stereocenters. The fourth-order valence-corrected chi connectivity index (χ4v) is 3.02. The molecule has 1 fully saturated rings. The first-order valence-corrected chi connectivity index (χ1v) is 7.39. The second-order valence-electron chi connectivity index (χ2n) is 4.71. The number of hydrogen-bond donors (Lipinski definition) is 0. The highest BCUT2D eigenvalue weighted by Crippen LogP contribution is 2.21. The van der Waals surface area contributed by atoms with Crippen molar-refractivity contribution >= 4 is 17.2 Å². The molecule has 0 spiro atoms. The van der Waals surface area contributed by atoms with Gasteiger partial charge in [-0.25, -0.2) is 9.97 Å². The van der Waals surface area contributed by atoms with Crippen LogP contribution in [0, 0.1) is 6.92 Å². The van der Waals surface area contributed by atoms with E-state index in [0.717, 1.165) is 17.0 Å². The van der Waals surface area contributed by atoms with Gasteiger partial charge in [0.2, 0.25) is 5.88 Å². The molecule has 0 aromatic carbocycles. The third-order valence-electron chi connectivity index (χ3n) is 3.30. The van der Waals surface area contributed by atoms with Crippen LogP contribution < -0.4 is 4.74 Å². The Morgan fingerprint density at radius 2 is 2.35 bits per heavy atom. The Labute approximate surface area is 121 Å². The molecule has 104 valence electrons. The van der Waals surface area contributed by atoms with Gasteiger partial charge >= 0.3 is 0 Å². The normalized spacial score (nSPS) is 18.2. The first kappa shape index (κ1) is 13.1. The molecule has 20 heavy (non-hydrogen) atoms. The molecule has 1 atom stereocenters. The lowest BCUT2D eigenvalue weighted by Gasteiger charge is -2.16. The van der Waals surface area contributed by atoms with E-state index in [1.54, 1.807) is 11.7 Å². The fourth-order valence-electron chi connectivity index (χ4n) is 2.25. The van der Waals surface area contributed by atoms with Crippen LogP contribution in [-0.2, 0) is 0 Å². The van der Waals surface area contributed by atoms with Gasteiger partial charge in [0.05, 0.1) is 17.7 Å². The summed E-state index contributed by atoms with van der Waals surface area (Å²) in [5, 5.41) is 0. The van der Waals surface area contributed by atoms with Gasteiger partial charge < -0.3 is 9.64 Å². The van der Waals surface area contributed by atoms with E-state index in [2.05, 4.69) is 9.97 Å². The summed E-state index contributed by atoms with van der Waals surface area (Å²) in [6, 6.07) is 5.57. The first-order chi connectivity index (χ1) is 9.74. The van der Waals surface area contributed by atoms with E-state index in [1.807, 2.05) is 30.0 Å². The number of hydrogen-bond acceptors (Lipinski definition) is 5. The summed E-state index contributed by atoms with van der Waals surface area (Å²) in [5.41, 5.74) is 2.51. The summed E-state index contributed by atoms with van der Waals surface area (Å²) in [6.07, 6.45) is 2.55. The Hall–Kier alpha value is -1.95. The minimum atomic E-state index is 0.0158. The van der Waals surface area contributed by atoms with Crippen LogP contribution in [0.4, 0.5) is 0 Å². The van der Waals surface area contributed by atoms with Crippen molar-refractivity contribution in [2.45, 2.75) is 19.4 Å². The van der Waals surface area contributed by atoms with Gasteiger partial charge in [0.15, 0.2) is 0 Å². The lowest BCUT2D eigenvalue weighted by Crippen LogP contribution is -2.30. The Balaban J connectivity index is 1.62. The molecule has 3 rings (SSSR count). The molecule has 2 aromatic heterocycles. The Morgan fingerprint density at radius 1 is 1.45 bits per heavy atom. The van der Waals surface area contributed by atoms with Crippen molar-refractivity contribution in [1.82, 2.24) is 14.9 Å². The molecule has 5 nitrogen and oxygen atoms in total. The summed E-state index contributed by atoms with van der Waals surface area (Å²) >= 11 is 1.39. The Bertz CT molecular complexity index is 599. The largest absolute Gasteiger partial charge is 0.472 e. The van der Waals surface area contributed by atoms with E-state index in [4.69, 9.17) is 4.74 Å². The number of aryl methyl sites for hydroxylation is 1. The number of ether oxygens (including phenoxy) is 1. The molecule has 0 aliphatic carbocycles. The van der Waals surface area contributed by atoms with Crippen LogP contribution in [0.1, 0.15) is 21.8 Å². The minimum absolute atomic E-state index is 0.0158. The summed E-state index contributed by atoms with van der Waals surface area (Å²) in [6.45, 7) is 3.18. The highest BCUT2D eigenvalue weighted by atomic mass is 32.1. The van der Waals surface area contributed by atoms with Gasteiger partial charge in [-0.15, -0.1) is 11.3 Å². The molecule has 1 amide bonds. The molecule has 3 heterocycles. The number of carbonyl (C=O) groups is 1. The van der Waals surface area contributed by atoms with E-state index in [-0.39, 0.29) is 12.0 Å². The van der Waals surface area contributed by atoms with Crippen LogP contribution in [0.2, 0.25) is 0 Å². The zero-order valence-electron chi connectivity index (χ0n) is 11.2. The Kier molecular flexibility index (Phi) is 3.64. The van der Waals surface area contributed by atoms with Crippen molar-refractivity contribution in [1.29, 1.82) is 0 Å². The van der Waals surface area contributed by atoms with E-state index in [0.29, 0.717) is 19.0 Å². The minimum Gasteiger partial charge on any atom is -0.472 e. The van der Waals surface area contributed by atoms with Crippen LogP contribution in [0.5, 0.6) is 5.88 Å². The number of amides is 1. The SMILES string of the molecule is Cc1ncsc1C(=O)N1CC[C@@H](Oc2ccccn2)C1. The van der Waals surface area contributed by atoms with Gasteiger partial charge in [0.1, 0.15) is 11.0 Å². The summed E-state index contributed by atoms with van der Waals surface area (Å²) in [7, 11) is 0. The summed E-state index contributed by atoms with van der Waals surface area (Å²) in [4.78, 5) is 23.2. The molecule has 0 N–H and O–H groups in total. The molecule has 1 aliphatic heterocycles. The number of rotatable bonds is 3. The van der Waals surface area contributed by atoms with Crippen molar-refractivity contribution < 1.29 is 9.53 Å². The number of thiazole rings is 1. The van der Waals surface area contributed by atoms with Crippen molar-refractivity contribution in [2.24, 2.45) is 0 Å². The van der Waals surface area contributed by atoms with E-state index in [1.165, 1.54) is 11.3 Å². The van der Waals surface area contributed by atoms with Crippen molar-refractivity contribution in [3.05, 3.63) is 40.5 Å². The number of carbonyl (C=O) groups excluding carboxylic acids is 1. The van der Waals surface area contributed by atoms with Crippen LogP contribution in [0.3, 0.4) is 0 Å². The lowest BCUT2D eigenvalue weighted by molar-refractivity contribution is 0.0775. The van der Waals surface area contributed by atoms with Gasteiger partial charge in [0.25, 0.3) is 5.91 Å². The third kappa shape index (κ3) is 2.65. The zero-order valence-corrected chi connectivity index (χ0v) is 12.0. The molecular weight excluding hydrogens is 274 g/mol. The van der Waals surface area contributed by atoms with Gasteiger partial charge in [0, 0.05) is 25.2 Å². The monoisotopic (exact) mass is 289 g/mol. The second-order valence-corrected chi connectivity index (χ2v) is 5.57. The van der Waals surface area contributed by atoms with Crippen LogP contribution in [0.25, 0.3) is 0 Å². The predicted octanol–water partition coefficient (Wildman–Crippen LogP) is 2.14. The van der Waals surface area contributed by atoms with Crippen molar-refractivity contribution in [2.75, 3.05) is 13.1 Å². The van der Waals surface area contributed by atoms with Crippen LogP contribution >= 0.6 is 11.3 Å². The lowest BCUT2D eigenvalue weighted by atomic mass is 10.3. The fraction of sp³-hybridized carbons (Fsp3) is 0.357. The van der Waals surface area contributed by atoms with Crippen molar-refractivity contribution in [3.63, 3.8) is 0 Å². The van der Waals surface area contributed by atoms with E-state index >= 15 is 0 Å². The maximum Gasteiger partial charge on any atom is 0.265 e. The highest BCUT2D eigenvalue weighted by Gasteiger charge is 2.29. The number of aromatic nitrogens is 2. The van der Waals surface area contributed by atoms with Gasteiger partial charge in [-0.1, -0.05) is 6.07 Å². The Morgan fingerprint density at radius 3 is 3.05 bits per heavy atom. The quantitative estimate of drug-likeness (QED) is 0.868. The number of likely N-dealkylation sites (tertiary alicyclic amines) is 1. The molecule has 6 heteroatoms. The molecule has 1 saturated heterocycles. The molecule has 0 radical (unpaired) electrons. The molecule has 1 aliphatic rings. The third-order valence-corrected chi connectivity index (χ3v) is 4.21.